The SMILES string of the molecule is Cc1ccc2c(c1)C(=O)NCCN(C(=O)CCCn1cncn1)CCCC(=O)NCCO2. The number of carbonyl (C=O) groups excluding carboxylic acids is 3. The van der Waals surface area contributed by atoms with Crippen LogP contribution in [0.4, 0.5) is 0 Å². The molecule has 172 valence electrons. The summed E-state index contributed by atoms with van der Waals surface area (Å²) in [6.07, 6.45) is 4.95. The Balaban J connectivity index is 1.63. The number of rotatable bonds is 4. The lowest BCUT2D eigenvalue weighted by atomic mass is 10.1. The number of benzene rings is 1. The monoisotopic (exact) mass is 442 g/mol. The summed E-state index contributed by atoms with van der Waals surface area (Å²) in [7, 11) is 0. The van der Waals surface area contributed by atoms with Gasteiger partial charge >= 0.3 is 0 Å². The van der Waals surface area contributed by atoms with Crippen molar-refractivity contribution in [3.05, 3.63) is 42.0 Å². The van der Waals surface area contributed by atoms with Gasteiger partial charge in [0, 0.05) is 39.0 Å². The molecule has 3 amide bonds. The molecule has 0 aliphatic carbocycles. The van der Waals surface area contributed by atoms with Crippen LogP contribution in [0.3, 0.4) is 0 Å². The van der Waals surface area contributed by atoms with Gasteiger partial charge in [-0.05, 0) is 31.9 Å². The molecule has 0 bridgehead atoms. The number of hydrogen-bond acceptors (Lipinski definition) is 6. The van der Waals surface area contributed by atoms with Crippen LogP contribution in [0.15, 0.2) is 30.9 Å². The fraction of sp³-hybridized carbons (Fsp3) is 0.500. The average molecular weight is 443 g/mol. The summed E-state index contributed by atoms with van der Waals surface area (Å²) in [4.78, 5) is 43.2. The minimum atomic E-state index is -0.249. The smallest absolute Gasteiger partial charge is 0.255 e. The van der Waals surface area contributed by atoms with E-state index in [-0.39, 0.29) is 24.3 Å². The molecule has 1 aliphatic rings. The van der Waals surface area contributed by atoms with Gasteiger partial charge in [-0.2, -0.15) is 5.10 Å². The first-order valence-electron chi connectivity index (χ1n) is 10.9. The molecule has 1 aliphatic heterocycles. The summed E-state index contributed by atoms with van der Waals surface area (Å²) in [5.74, 6) is 0.128. The van der Waals surface area contributed by atoms with Crippen LogP contribution in [0.25, 0.3) is 0 Å². The normalized spacial score (nSPS) is 16.1. The van der Waals surface area contributed by atoms with E-state index < -0.39 is 0 Å². The molecule has 0 spiro atoms. The molecule has 0 atom stereocenters. The Hall–Kier alpha value is -3.43. The van der Waals surface area contributed by atoms with Crippen molar-refractivity contribution in [3.8, 4) is 5.75 Å². The van der Waals surface area contributed by atoms with Gasteiger partial charge in [-0.25, -0.2) is 4.98 Å². The number of aryl methyl sites for hydroxylation is 2. The summed E-state index contributed by atoms with van der Waals surface area (Å²) < 4.78 is 7.41. The quantitative estimate of drug-likeness (QED) is 0.727. The highest BCUT2D eigenvalue weighted by Gasteiger charge is 2.17. The van der Waals surface area contributed by atoms with Crippen molar-refractivity contribution in [2.24, 2.45) is 0 Å². The Morgan fingerprint density at radius 2 is 2.06 bits per heavy atom. The highest BCUT2D eigenvalue weighted by Crippen LogP contribution is 2.20. The van der Waals surface area contributed by atoms with Crippen LogP contribution in [0, 0.1) is 6.92 Å². The topological polar surface area (TPSA) is 118 Å². The third-order valence-corrected chi connectivity index (χ3v) is 5.16. The number of fused-ring (bicyclic) bond motifs is 1. The van der Waals surface area contributed by atoms with Gasteiger partial charge in [0.05, 0.1) is 12.1 Å². The highest BCUT2D eigenvalue weighted by atomic mass is 16.5. The fourth-order valence-electron chi connectivity index (χ4n) is 3.48. The Morgan fingerprint density at radius 1 is 1.19 bits per heavy atom. The van der Waals surface area contributed by atoms with Gasteiger partial charge in [-0.1, -0.05) is 11.6 Å². The van der Waals surface area contributed by atoms with Crippen molar-refractivity contribution in [1.29, 1.82) is 0 Å². The second-order valence-corrected chi connectivity index (χ2v) is 7.70. The molecule has 1 aromatic carbocycles. The van der Waals surface area contributed by atoms with Gasteiger partial charge in [0.2, 0.25) is 11.8 Å². The Kier molecular flexibility index (Phi) is 8.59. The van der Waals surface area contributed by atoms with Gasteiger partial charge in [0.15, 0.2) is 0 Å². The van der Waals surface area contributed by atoms with E-state index in [9.17, 15) is 14.4 Å². The number of nitrogens with one attached hydrogen (secondary N) is 2. The molecule has 0 radical (unpaired) electrons. The molecule has 3 rings (SSSR count). The van der Waals surface area contributed by atoms with Crippen molar-refractivity contribution in [2.75, 3.05) is 32.8 Å². The first-order valence-corrected chi connectivity index (χ1v) is 10.9. The predicted molar refractivity (Wildman–Crippen MR) is 117 cm³/mol. The largest absolute Gasteiger partial charge is 0.491 e. The lowest BCUT2D eigenvalue weighted by Gasteiger charge is -2.23. The fourth-order valence-corrected chi connectivity index (χ4v) is 3.48. The van der Waals surface area contributed by atoms with E-state index in [0.29, 0.717) is 69.7 Å². The summed E-state index contributed by atoms with van der Waals surface area (Å²) in [5, 5.41) is 9.74. The van der Waals surface area contributed by atoms with Gasteiger partial charge < -0.3 is 20.3 Å². The molecule has 1 aromatic heterocycles. The lowest BCUT2D eigenvalue weighted by Crippen LogP contribution is -2.39. The van der Waals surface area contributed by atoms with Crippen LogP contribution in [0.1, 0.15) is 41.6 Å². The number of nitrogens with zero attached hydrogens (tertiary/aromatic N) is 4. The van der Waals surface area contributed by atoms with Gasteiger partial charge in [0.25, 0.3) is 5.91 Å². The van der Waals surface area contributed by atoms with E-state index in [1.165, 1.54) is 6.33 Å². The zero-order valence-corrected chi connectivity index (χ0v) is 18.4. The van der Waals surface area contributed by atoms with Crippen LogP contribution in [-0.4, -0.2) is 70.2 Å². The number of aromatic nitrogens is 3. The molecule has 2 aromatic rings. The Morgan fingerprint density at radius 3 is 2.88 bits per heavy atom. The maximum absolute atomic E-state index is 12.8. The molecular weight excluding hydrogens is 412 g/mol. The third kappa shape index (κ3) is 7.07. The standard InChI is InChI=1S/C22H30N6O4/c1-17-6-7-19-18(14-17)22(31)25-8-12-27(10-2-4-20(29)24-9-13-32-19)21(30)5-3-11-28-16-23-15-26-28/h6-7,14-16H,2-5,8-13H2,1H3,(H,24,29)(H,25,31). The summed E-state index contributed by atoms with van der Waals surface area (Å²) in [6, 6.07) is 5.40. The minimum absolute atomic E-state index is 0.0105. The van der Waals surface area contributed by atoms with Crippen molar-refractivity contribution in [1.82, 2.24) is 30.3 Å². The van der Waals surface area contributed by atoms with Crippen molar-refractivity contribution in [3.63, 3.8) is 0 Å². The van der Waals surface area contributed by atoms with E-state index in [1.54, 1.807) is 28.0 Å². The summed E-state index contributed by atoms with van der Waals surface area (Å²) in [5.41, 5.74) is 1.38. The van der Waals surface area contributed by atoms with Gasteiger partial charge in [-0.3, -0.25) is 19.1 Å². The molecule has 10 heteroatoms. The maximum atomic E-state index is 12.8. The van der Waals surface area contributed by atoms with Crippen molar-refractivity contribution < 1.29 is 19.1 Å². The maximum Gasteiger partial charge on any atom is 0.255 e. The molecule has 32 heavy (non-hydrogen) atoms. The van der Waals surface area contributed by atoms with Crippen molar-refractivity contribution in [2.45, 2.75) is 39.2 Å². The molecule has 0 fully saturated rings. The summed E-state index contributed by atoms with van der Waals surface area (Å²) in [6.45, 7) is 4.27. The highest BCUT2D eigenvalue weighted by molar-refractivity contribution is 5.97. The van der Waals surface area contributed by atoms with E-state index >= 15 is 0 Å². The zero-order valence-electron chi connectivity index (χ0n) is 18.4. The lowest BCUT2D eigenvalue weighted by molar-refractivity contribution is -0.132. The van der Waals surface area contributed by atoms with Crippen LogP contribution in [-0.2, 0) is 16.1 Å². The number of carbonyl (C=O) groups is 3. The molecule has 0 saturated heterocycles. The molecule has 2 N–H and O–H groups in total. The second-order valence-electron chi connectivity index (χ2n) is 7.70. The first-order chi connectivity index (χ1) is 15.5. The first kappa shape index (κ1) is 23.2. The zero-order chi connectivity index (χ0) is 22.8. The Labute approximate surface area is 187 Å². The molecule has 10 nitrogen and oxygen atoms in total. The van der Waals surface area contributed by atoms with Gasteiger partial charge in [-0.15, -0.1) is 0 Å². The van der Waals surface area contributed by atoms with E-state index in [0.717, 1.165) is 5.56 Å². The minimum Gasteiger partial charge on any atom is -0.491 e. The average Bonchev–Trinajstić information content (AvgIpc) is 3.29. The number of amides is 3. The molecule has 2 heterocycles. The van der Waals surface area contributed by atoms with Gasteiger partial charge in [0.1, 0.15) is 25.0 Å². The Bertz CT molecular complexity index is 915. The van der Waals surface area contributed by atoms with Crippen molar-refractivity contribution >= 4 is 17.7 Å². The number of ether oxygens (including phenoxy) is 1. The van der Waals surface area contributed by atoms with Crippen LogP contribution in [0.5, 0.6) is 5.75 Å². The molecular formula is C22H30N6O4. The van der Waals surface area contributed by atoms with Crippen LogP contribution in [0.2, 0.25) is 0 Å². The second kappa shape index (κ2) is 11.8. The molecule has 0 saturated carbocycles. The van der Waals surface area contributed by atoms with Crippen LogP contribution >= 0.6 is 0 Å². The van der Waals surface area contributed by atoms with Crippen LogP contribution < -0.4 is 15.4 Å². The predicted octanol–water partition coefficient (Wildman–Crippen LogP) is 0.914. The number of hydrogen-bond donors (Lipinski definition) is 2. The summed E-state index contributed by atoms with van der Waals surface area (Å²) >= 11 is 0. The van der Waals surface area contributed by atoms with E-state index in [4.69, 9.17) is 4.74 Å². The van der Waals surface area contributed by atoms with E-state index in [2.05, 4.69) is 20.7 Å². The third-order valence-electron chi connectivity index (χ3n) is 5.16. The van der Waals surface area contributed by atoms with E-state index in [1.807, 2.05) is 13.0 Å². The molecule has 0 unspecified atom stereocenters.